The van der Waals surface area contributed by atoms with Crippen LogP contribution < -0.4 is 10.1 Å². The van der Waals surface area contributed by atoms with Crippen LogP contribution in [0.25, 0.3) is 10.9 Å². The van der Waals surface area contributed by atoms with Crippen LogP contribution in [0.5, 0.6) is 5.75 Å². The van der Waals surface area contributed by atoms with Crippen LogP contribution in [-0.2, 0) is 17.6 Å². The summed E-state index contributed by atoms with van der Waals surface area (Å²) in [7, 11) is 1.67. The summed E-state index contributed by atoms with van der Waals surface area (Å²) >= 11 is 0. The van der Waals surface area contributed by atoms with Crippen molar-refractivity contribution in [1.29, 1.82) is 0 Å². The molecule has 4 nitrogen and oxygen atoms in total. The lowest BCUT2D eigenvalue weighted by Crippen LogP contribution is -2.26. The molecule has 0 spiro atoms. The van der Waals surface area contributed by atoms with Gasteiger partial charge < -0.3 is 15.0 Å². The smallest absolute Gasteiger partial charge is 0.220 e. The Hall–Kier alpha value is -2.75. The molecule has 0 aliphatic heterocycles. The van der Waals surface area contributed by atoms with Crippen molar-refractivity contribution in [2.24, 2.45) is 0 Å². The van der Waals surface area contributed by atoms with Gasteiger partial charge in [0.15, 0.2) is 0 Å². The van der Waals surface area contributed by atoms with Gasteiger partial charge in [-0.25, -0.2) is 0 Å². The van der Waals surface area contributed by atoms with Crippen molar-refractivity contribution in [2.45, 2.75) is 26.2 Å². The Morgan fingerprint density at radius 3 is 2.68 bits per heavy atom. The van der Waals surface area contributed by atoms with Gasteiger partial charge in [0.05, 0.1) is 7.11 Å². The summed E-state index contributed by atoms with van der Waals surface area (Å²) in [4.78, 5) is 15.4. The van der Waals surface area contributed by atoms with Crippen LogP contribution in [0.15, 0.2) is 48.5 Å². The molecule has 0 unspecified atom stereocenters. The van der Waals surface area contributed by atoms with Gasteiger partial charge in [-0.1, -0.05) is 30.3 Å². The van der Waals surface area contributed by atoms with E-state index >= 15 is 0 Å². The minimum Gasteiger partial charge on any atom is -0.497 e. The lowest BCUT2D eigenvalue weighted by Gasteiger charge is -2.06. The molecule has 1 aromatic heterocycles. The van der Waals surface area contributed by atoms with Crippen LogP contribution in [0.1, 0.15) is 23.2 Å². The molecule has 0 fully saturated rings. The van der Waals surface area contributed by atoms with Crippen molar-refractivity contribution >= 4 is 16.8 Å². The molecule has 2 aromatic carbocycles. The highest BCUT2D eigenvalue weighted by Gasteiger charge is 2.10. The maximum atomic E-state index is 12.1. The van der Waals surface area contributed by atoms with E-state index < -0.39 is 0 Å². The van der Waals surface area contributed by atoms with Crippen molar-refractivity contribution in [3.8, 4) is 5.75 Å². The lowest BCUT2D eigenvalue weighted by molar-refractivity contribution is -0.121. The predicted molar refractivity (Wildman–Crippen MR) is 101 cm³/mol. The molecule has 0 bridgehead atoms. The third-order valence-corrected chi connectivity index (χ3v) is 4.51. The zero-order chi connectivity index (χ0) is 17.6. The molecule has 3 aromatic rings. The molecule has 4 heteroatoms. The Morgan fingerprint density at radius 1 is 1.12 bits per heavy atom. The van der Waals surface area contributed by atoms with Gasteiger partial charge in [-0.15, -0.1) is 0 Å². The fourth-order valence-electron chi connectivity index (χ4n) is 3.13. The van der Waals surface area contributed by atoms with Crippen molar-refractivity contribution in [2.75, 3.05) is 13.7 Å². The average molecular weight is 336 g/mol. The number of rotatable bonds is 7. The summed E-state index contributed by atoms with van der Waals surface area (Å²) in [5, 5.41) is 4.19. The fraction of sp³-hybridized carbons (Fsp3) is 0.286. The molecule has 0 saturated heterocycles. The second kappa shape index (κ2) is 7.88. The van der Waals surface area contributed by atoms with Crippen LogP contribution in [0, 0.1) is 6.92 Å². The van der Waals surface area contributed by atoms with E-state index in [0.29, 0.717) is 13.0 Å². The molecular formula is C21H24N2O2. The molecule has 1 amide bonds. The normalized spacial score (nSPS) is 10.8. The maximum absolute atomic E-state index is 12.1. The summed E-state index contributed by atoms with van der Waals surface area (Å²) in [6, 6.07) is 16.1. The Balaban J connectivity index is 1.55. The number of carbonyl (C=O) groups is 1. The summed E-state index contributed by atoms with van der Waals surface area (Å²) in [6.07, 6.45) is 2.09. The van der Waals surface area contributed by atoms with Gasteiger partial charge in [-0.3, -0.25) is 4.79 Å². The Kier molecular flexibility index (Phi) is 5.39. The monoisotopic (exact) mass is 336 g/mol. The Bertz CT molecular complexity index is 853. The van der Waals surface area contributed by atoms with Crippen LogP contribution >= 0.6 is 0 Å². The first-order chi connectivity index (χ1) is 12.2. The van der Waals surface area contributed by atoms with Gasteiger partial charge in [0.2, 0.25) is 5.91 Å². The second-order valence-corrected chi connectivity index (χ2v) is 6.23. The van der Waals surface area contributed by atoms with E-state index in [1.165, 1.54) is 11.1 Å². The number of hydrogen-bond acceptors (Lipinski definition) is 2. The number of aryl methyl sites for hydroxylation is 2. The minimum atomic E-state index is 0.0962. The fourth-order valence-corrected chi connectivity index (χ4v) is 3.13. The maximum Gasteiger partial charge on any atom is 0.220 e. The molecule has 0 saturated carbocycles. The quantitative estimate of drug-likeness (QED) is 0.690. The van der Waals surface area contributed by atoms with Crippen molar-refractivity contribution < 1.29 is 9.53 Å². The van der Waals surface area contributed by atoms with Crippen LogP contribution in [0.3, 0.4) is 0 Å². The molecule has 0 atom stereocenters. The molecule has 3 rings (SSSR count). The second-order valence-electron chi connectivity index (χ2n) is 6.23. The molecule has 130 valence electrons. The Labute approximate surface area is 148 Å². The topological polar surface area (TPSA) is 54.1 Å². The van der Waals surface area contributed by atoms with Gasteiger partial charge in [0.25, 0.3) is 0 Å². The summed E-state index contributed by atoms with van der Waals surface area (Å²) in [5.74, 6) is 0.943. The van der Waals surface area contributed by atoms with Crippen LogP contribution in [0.4, 0.5) is 0 Å². The number of H-pyrrole nitrogens is 1. The Morgan fingerprint density at radius 2 is 1.92 bits per heavy atom. The number of carbonyl (C=O) groups excluding carboxylic acids is 1. The van der Waals surface area contributed by atoms with Crippen LogP contribution in [0.2, 0.25) is 0 Å². The van der Waals surface area contributed by atoms with Crippen LogP contribution in [-0.4, -0.2) is 24.5 Å². The van der Waals surface area contributed by atoms with E-state index in [0.717, 1.165) is 35.2 Å². The highest BCUT2D eigenvalue weighted by Crippen LogP contribution is 2.26. The highest BCUT2D eigenvalue weighted by molar-refractivity contribution is 5.86. The first-order valence-corrected chi connectivity index (χ1v) is 8.63. The van der Waals surface area contributed by atoms with E-state index in [2.05, 4.69) is 29.4 Å². The number of nitrogens with one attached hydrogen (secondary N) is 2. The van der Waals surface area contributed by atoms with Gasteiger partial charge in [-0.2, -0.15) is 0 Å². The SMILES string of the molecule is COc1ccc2[nH]c(C)c(CCNC(=O)CCc3ccccc3)c2c1. The van der Waals surface area contributed by atoms with Crippen molar-refractivity contribution in [3.05, 3.63) is 65.4 Å². The lowest BCUT2D eigenvalue weighted by atomic mass is 10.1. The summed E-state index contributed by atoms with van der Waals surface area (Å²) in [5.41, 5.74) is 4.67. The van der Waals surface area contributed by atoms with Gasteiger partial charge in [0, 0.05) is 29.6 Å². The van der Waals surface area contributed by atoms with Gasteiger partial charge in [-0.05, 0) is 49.1 Å². The number of amides is 1. The third-order valence-electron chi connectivity index (χ3n) is 4.51. The average Bonchev–Trinajstić information content (AvgIpc) is 2.95. The van der Waals surface area contributed by atoms with Crippen molar-refractivity contribution in [3.63, 3.8) is 0 Å². The van der Waals surface area contributed by atoms with E-state index in [9.17, 15) is 4.79 Å². The van der Waals surface area contributed by atoms with Gasteiger partial charge in [0.1, 0.15) is 5.75 Å². The zero-order valence-electron chi connectivity index (χ0n) is 14.8. The van der Waals surface area contributed by atoms with E-state index in [4.69, 9.17) is 4.74 Å². The standard InChI is InChI=1S/C21H24N2O2/c1-15-18(19-14-17(25-2)9-10-20(19)23-15)12-13-22-21(24)11-8-16-6-4-3-5-7-16/h3-7,9-10,14,23H,8,11-13H2,1-2H3,(H,22,24). The first kappa shape index (κ1) is 17.1. The van der Waals surface area contributed by atoms with Gasteiger partial charge >= 0.3 is 0 Å². The zero-order valence-corrected chi connectivity index (χ0v) is 14.8. The number of ether oxygens (including phenoxy) is 1. The number of fused-ring (bicyclic) bond motifs is 1. The molecule has 1 heterocycles. The molecular weight excluding hydrogens is 312 g/mol. The number of methoxy groups -OCH3 is 1. The molecule has 25 heavy (non-hydrogen) atoms. The van der Waals surface area contributed by atoms with Crippen molar-refractivity contribution in [1.82, 2.24) is 10.3 Å². The number of aromatic amines is 1. The summed E-state index contributed by atoms with van der Waals surface area (Å²) in [6.45, 7) is 2.71. The van der Waals surface area contributed by atoms with E-state index in [1.807, 2.05) is 36.4 Å². The number of aromatic nitrogens is 1. The molecule has 2 N–H and O–H groups in total. The highest BCUT2D eigenvalue weighted by atomic mass is 16.5. The number of benzene rings is 2. The molecule has 0 radical (unpaired) electrons. The predicted octanol–water partition coefficient (Wildman–Crippen LogP) is 3.78. The largest absolute Gasteiger partial charge is 0.497 e. The number of hydrogen-bond donors (Lipinski definition) is 2. The van der Waals surface area contributed by atoms with E-state index in [-0.39, 0.29) is 5.91 Å². The minimum absolute atomic E-state index is 0.0962. The first-order valence-electron chi connectivity index (χ1n) is 8.63. The van der Waals surface area contributed by atoms with E-state index in [1.54, 1.807) is 7.11 Å². The molecule has 0 aliphatic carbocycles. The third kappa shape index (κ3) is 4.21. The summed E-state index contributed by atoms with van der Waals surface area (Å²) < 4.78 is 5.32. The molecule has 0 aliphatic rings.